The van der Waals surface area contributed by atoms with Crippen LogP contribution < -0.4 is 10.1 Å². The number of rotatable bonds is 8. The van der Waals surface area contributed by atoms with E-state index in [2.05, 4.69) is 15.3 Å². The summed E-state index contributed by atoms with van der Waals surface area (Å²) < 4.78 is 10.3. The van der Waals surface area contributed by atoms with Gasteiger partial charge in [0.2, 0.25) is 0 Å². The van der Waals surface area contributed by atoms with Gasteiger partial charge in [-0.2, -0.15) is 0 Å². The highest BCUT2D eigenvalue weighted by atomic mass is 16.5. The van der Waals surface area contributed by atoms with Crippen LogP contribution in [0.15, 0.2) is 23.3 Å². The maximum atomic E-state index is 12.1. The van der Waals surface area contributed by atoms with Crippen LogP contribution in [0.1, 0.15) is 24.1 Å². The number of benzene rings is 1. The van der Waals surface area contributed by atoms with Crippen molar-refractivity contribution in [2.45, 2.75) is 19.9 Å². The maximum Gasteiger partial charge on any atom is 0.327 e. The molecule has 0 saturated carbocycles. The topological polar surface area (TPSA) is 96.3 Å². The van der Waals surface area contributed by atoms with Gasteiger partial charge >= 0.3 is 5.97 Å². The Kier molecular flexibility index (Phi) is 7.08. The summed E-state index contributed by atoms with van der Waals surface area (Å²) in [5, 5.41) is 6.47. The predicted molar refractivity (Wildman–Crippen MR) is 79.1 cm³/mol. The molecule has 0 radical (unpaired) electrons. The second-order valence-electron chi connectivity index (χ2n) is 4.32. The number of carbonyl (C=O) groups is 1. The fraction of sp³-hybridized carbons (Fsp3) is 0.500. The quantitative estimate of drug-likeness (QED) is 0.262. The van der Waals surface area contributed by atoms with Crippen molar-refractivity contribution in [2.75, 3.05) is 26.8 Å². The van der Waals surface area contributed by atoms with Crippen LogP contribution in [-0.2, 0) is 9.53 Å². The van der Waals surface area contributed by atoms with Crippen molar-refractivity contribution in [1.82, 2.24) is 5.32 Å². The summed E-state index contributed by atoms with van der Waals surface area (Å²) in [6.07, 6.45) is 0. The van der Waals surface area contributed by atoms with Crippen LogP contribution in [0.5, 0.6) is 5.75 Å². The number of azide groups is 1. The zero-order chi connectivity index (χ0) is 15.7. The Morgan fingerprint density at radius 1 is 1.52 bits per heavy atom. The van der Waals surface area contributed by atoms with Gasteiger partial charge in [0.05, 0.1) is 13.7 Å². The summed E-state index contributed by atoms with van der Waals surface area (Å²) in [4.78, 5) is 14.7. The molecule has 1 N–H and O–H groups in total. The smallest absolute Gasteiger partial charge is 0.327 e. The fourth-order valence-corrected chi connectivity index (χ4v) is 1.95. The van der Waals surface area contributed by atoms with Crippen LogP contribution in [0.3, 0.4) is 0 Å². The molecule has 0 amide bonds. The average molecular weight is 292 g/mol. The first kappa shape index (κ1) is 16.8. The van der Waals surface area contributed by atoms with Crippen LogP contribution in [0.2, 0.25) is 0 Å². The fourth-order valence-electron chi connectivity index (χ4n) is 1.95. The minimum absolute atomic E-state index is 0.265. The molecule has 21 heavy (non-hydrogen) atoms. The summed E-state index contributed by atoms with van der Waals surface area (Å²) in [5.41, 5.74) is 9.98. The number of ether oxygens (including phenoxy) is 2. The minimum atomic E-state index is -0.594. The van der Waals surface area contributed by atoms with Crippen molar-refractivity contribution in [3.8, 4) is 5.75 Å². The molecule has 1 unspecified atom stereocenters. The van der Waals surface area contributed by atoms with Gasteiger partial charge in [-0.3, -0.25) is 0 Å². The molecular weight excluding hydrogens is 272 g/mol. The van der Waals surface area contributed by atoms with E-state index in [0.29, 0.717) is 13.2 Å². The van der Waals surface area contributed by atoms with Crippen LogP contribution in [0, 0.1) is 6.92 Å². The zero-order valence-corrected chi connectivity index (χ0v) is 12.5. The van der Waals surface area contributed by atoms with Crippen LogP contribution in [0.4, 0.5) is 0 Å². The van der Waals surface area contributed by atoms with E-state index in [9.17, 15) is 4.79 Å². The molecule has 7 heteroatoms. The number of nitrogens with one attached hydrogen (secondary N) is 1. The van der Waals surface area contributed by atoms with Crippen LogP contribution >= 0.6 is 0 Å². The van der Waals surface area contributed by atoms with Gasteiger partial charge in [0.25, 0.3) is 0 Å². The van der Waals surface area contributed by atoms with Gasteiger partial charge in [0.15, 0.2) is 0 Å². The predicted octanol–water partition coefficient (Wildman–Crippen LogP) is 2.51. The average Bonchev–Trinajstić information content (AvgIpc) is 2.47. The molecule has 0 bridgehead atoms. The Balaban J connectivity index is 2.91. The van der Waals surface area contributed by atoms with E-state index in [1.54, 1.807) is 14.0 Å². The van der Waals surface area contributed by atoms with Crippen LogP contribution in [0.25, 0.3) is 10.4 Å². The van der Waals surface area contributed by atoms with E-state index in [-0.39, 0.29) is 12.5 Å². The molecule has 0 aromatic heterocycles. The molecule has 114 valence electrons. The lowest BCUT2D eigenvalue weighted by molar-refractivity contribution is -0.145. The Hall–Kier alpha value is -2.24. The number of hydrogen-bond donors (Lipinski definition) is 1. The Labute approximate surface area is 123 Å². The van der Waals surface area contributed by atoms with E-state index in [1.165, 1.54) is 0 Å². The SMILES string of the molecule is CCOC(=O)C(NCCN=[N+]=[N-])c1ccc(OC)c(C)c1. The van der Waals surface area contributed by atoms with Gasteiger partial charge < -0.3 is 14.8 Å². The molecular formula is C14H20N4O3. The molecule has 0 aliphatic rings. The first-order valence-corrected chi connectivity index (χ1v) is 6.69. The van der Waals surface area contributed by atoms with Gasteiger partial charge in [-0.1, -0.05) is 17.2 Å². The third kappa shape index (κ3) is 4.98. The standard InChI is InChI=1S/C14H20N4O3/c1-4-21-14(19)13(16-7-8-17-18-15)11-5-6-12(20-3)10(2)9-11/h5-6,9,13,16H,4,7-8H2,1-3H3. The second-order valence-corrected chi connectivity index (χ2v) is 4.32. The third-order valence-corrected chi connectivity index (χ3v) is 2.90. The molecule has 1 atom stereocenters. The highest BCUT2D eigenvalue weighted by Crippen LogP contribution is 2.23. The molecule has 0 heterocycles. The number of carbonyl (C=O) groups excluding carboxylic acids is 1. The third-order valence-electron chi connectivity index (χ3n) is 2.90. The van der Waals surface area contributed by atoms with Gasteiger partial charge in [-0.25, -0.2) is 4.79 Å². The van der Waals surface area contributed by atoms with Crippen LogP contribution in [-0.4, -0.2) is 32.8 Å². The van der Waals surface area contributed by atoms with Gasteiger partial charge in [-0.05, 0) is 36.6 Å². The zero-order valence-electron chi connectivity index (χ0n) is 12.5. The number of aryl methyl sites for hydroxylation is 1. The molecule has 0 fully saturated rings. The molecule has 0 saturated heterocycles. The molecule has 1 aromatic rings. The second kappa shape index (κ2) is 8.84. The number of hydrogen-bond acceptors (Lipinski definition) is 5. The number of nitrogens with zero attached hydrogens (tertiary/aromatic N) is 3. The van der Waals surface area contributed by atoms with Crippen molar-refractivity contribution in [3.05, 3.63) is 39.8 Å². The van der Waals surface area contributed by atoms with Crippen molar-refractivity contribution in [3.63, 3.8) is 0 Å². The van der Waals surface area contributed by atoms with E-state index < -0.39 is 6.04 Å². The molecule has 0 aliphatic carbocycles. The summed E-state index contributed by atoms with van der Waals surface area (Å²) >= 11 is 0. The monoisotopic (exact) mass is 292 g/mol. The van der Waals surface area contributed by atoms with Crippen molar-refractivity contribution in [1.29, 1.82) is 0 Å². The largest absolute Gasteiger partial charge is 0.496 e. The van der Waals surface area contributed by atoms with Gasteiger partial charge in [-0.15, -0.1) is 0 Å². The Morgan fingerprint density at radius 3 is 2.86 bits per heavy atom. The number of esters is 1. The molecule has 0 aliphatic heterocycles. The normalized spacial score (nSPS) is 11.4. The van der Waals surface area contributed by atoms with E-state index >= 15 is 0 Å². The molecule has 1 aromatic carbocycles. The molecule has 7 nitrogen and oxygen atoms in total. The maximum absolute atomic E-state index is 12.1. The van der Waals surface area contributed by atoms with Gasteiger partial charge in [0.1, 0.15) is 11.8 Å². The van der Waals surface area contributed by atoms with E-state index in [0.717, 1.165) is 16.9 Å². The summed E-state index contributed by atoms with van der Waals surface area (Å²) in [6, 6.07) is 4.91. The summed E-state index contributed by atoms with van der Waals surface area (Å²) in [5.74, 6) is 0.401. The van der Waals surface area contributed by atoms with Crippen molar-refractivity contribution >= 4 is 5.97 Å². The molecule has 1 rings (SSSR count). The molecule has 0 spiro atoms. The lowest BCUT2D eigenvalue weighted by atomic mass is 10.0. The van der Waals surface area contributed by atoms with Gasteiger partial charge in [0, 0.05) is 18.0 Å². The van der Waals surface area contributed by atoms with Crippen molar-refractivity contribution < 1.29 is 14.3 Å². The highest BCUT2D eigenvalue weighted by molar-refractivity contribution is 5.77. The summed E-state index contributed by atoms with van der Waals surface area (Å²) in [7, 11) is 1.60. The Bertz CT molecular complexity index is 527. The van der Waals surface area contributed by atoms with E-state index in [1.807, 2.05) is 25.1 Å². The van der Waals surface area contributed by atoms with E-state index in [4.69, 9.17) is 15.0 Å². The number of methoxy groups -OCH3 is 1. The summed E-state index contributed by atoms with van der Waals surface area (Å²) in [6.45, 7) is 4.63. The first-order chi connectivity index (χ1) is 10.1. The Morgan fingerprint density at radius 2 is 2.29 bits per heavy atom. The van der Waals surface area contributed by atoms with Crippen molar-refractivity contribution in [2.24, 2.45) is 5.11 Å². The lowest BCUT2D eigenvalue weighted by Gasteiger charge is -2.18. The highest BCUT2D eigenvalue weighted by Gasteiger charge is 2.21. The lowest BCUT2D eigenvalue weighted by Crippen LogP contribution is -2.32. The minimum Gasteiger partial charge on any atom is -0.496 e. The first-order valence-electron chi connectivity index (χ1n) is 6.69.